The lowest BCUT2D eigenvalue weighted by atomic mass is 10.1. The molecule has 0 N–H and O–H groups in total. The van der Waals surface area contributed by atoms with Gasteiger partial charge in [-0.15, -0.1) is 0 Å². The van der Waals surface area contributed by atoms with Crippen molar-refractivity contribution in [3.63, 3.8) is 0 Å². The van der Waals surface area contributed by atoms with Crippen molar-refractivity contribution in [1.82, 2.24) is 0 Å². The molecular formula is C15H20O2. The lowest BCUT2D eigenvalue weighted by Crippen LogP contribution is -2.10. The van der Waals surface area contributed by atoms with Gasteiger partial charge in [-0.05, 0) is 56.2 Å². The van der Waals surface area contributed by atoms with Crippen LogP contribution in [0.5, 0.6) is 5.75 Å². The van der Waals surface area contributed by atoms with Crippen LogP contribution in [-0.2, 0) is 11.2 Å². The fraction of sp³-hybridized carbons (Fsp3) is 0.533. The molecule has 0 saturated heterocycles. The summed E-state index contributed by atoms with van der Waals surface area (Å²) in [6.45, 7) is 0. The summed E-state index contributed by atoms with van der Waals surface area (Å²) in [5.74, 6) is 0.982. The van der Waals surface area contributed by atoms with Crippen LogP contribution in [0.25, 0.3) is 0 Å². The second kappa shape index (κ2) is 6.43. The van der Waals surface area contributed by atoms with Gasteiger partial charge < -0.3 is 9.53 Å². The SMILES string of the molecule is O=CCCCc1ccc(OC2CCCC2)cc1. The number of benzene rings is 1. The quantitative estimate of drug-likeness (QED) is 0.554. The third kappa shape index (κ3) is 3.88. The highest BCUT2D eigenvalue weighted by molar-refractivity contribution is 5.49. The summed E-state index contributed by atoms with van der Waals surface area (Å²) in [6.07, 6.45) is 8.97. The average molecular weight is 232 g/mol. The van der Waals surface area contributed by atoms with Gasteiger partial charge in [0.05, 0.1) is 6.10 Å². The zero-order valence-electron chi connectivity index (χ0n) is 10.2. The van der Waals surface area contributed by atoms with Gasteiger partial charge in [0, 0.05) is 6.42 Å². The molecule has 0 aliphatic heterocycles. The van der Waals surface area contributed by atoms with Gasteiger partial charge in [-0.25, -0.2) is 0 Å². The third-order valence-electron chi connectivity index (χ3n) is 3.32. The number of rotatable bonds is 6. The molecule has 0 amide bonds. The predicted octanol–water partition coefficient (Wildman–Crippen LogP) is 3.53. The second-order valence-corrected chi connectivity index (χ2v) is 4.73. The zero-order valence-corrected chi connectivity index (χ0v) is 10.2. The summed E-state index contributed by atoms with van der Waals surface area (Å²) in [7, 11) is 0. The highest BCUT2D eigenvalue weighted by Gasteiger charge is 2.16. The van der Waals surface area contributed by atoms with E-state index in [0.717, 1.165) is 24.9 Å². The van der Waals surface area contributed by atoms with E-state index < -0.39 is 0 Å². The van der Waals surface area contributed by atoms with E-state index >= 15 is 0 Å². The van der Waals surface area contributed by atoms with Gasteiger partial charge in [-0.2, -0.15) is 0 Å². The molecule has 2 heteroatoms. The summed E-state index contributed by atoms with van der Waals surface area (Å²) >= 11 is 0. The number of hydrogen-bond donors (Lipinski definition) is 0. The monoisotopic (exact) mass is 232 g/mol. The molecule has 1 aliphatic rings. The van der Waals surface area contributed by atoms with Crippen molar-refractivity contribution in [2.45, 2.75) is 51.0 Å². The van der Waals surface area contributed by atoms with Crippen LogP contribution in [-0.4, -0.2) is 12.4 Å². The van der Waals surface area contributed by atoms with Crippen LogP contribution in [0.1, 0.15) is 44.1 Å². The Morgan fingerprint density at radius 1 is 1.18 bits per heavy atom. The highest BCUT2D eigenvalue weighted by atomic mass is 16.5. The average Bonchev–Trinajstić information content (AvgIpc) is 2.85. The lowest BCUT2D eigenvalue weighted by molar-refractivity contribution is -0.107. The Balaban J connectivity index is 1.81. The molecular weight excluding hydrogens is 212 g/mol. The van der Waals surface area contributed by atoms with Crippen molar-refractivity contribution in [2.24, 2.45) is 0 Å². The van der Waals surface area contributed by atoms with Gasteiger partial charge in [-0.1, -0.05) is 12.1 Å². The molecule has 0 radical (unpaired) electrons. The molecule has 0 heterocycles. The van der Waals surface area contributed by atoms with Crippen LogP contribution in [0.15, 0.2) is 24.3 Å². The Labute approximate surface area is 103 Å². The van der Waals surface area contributed by atoms with Crippen molar-refractivity contribution in [3.8, 4) is 5.75 Å². The molecule has 1 fully saturated rings. The Hall–Kier alpha value is -1.31. The van der Waals surface area contributed by atoms with Gasteiger partial charge >= 0.3 is 0 Å². The summed E-state index contributed by atoms with van der Waals surface area (Å²) in [6, 6.07) is 8.31. The van der Waals surface area contributed by atoms with Crippen LogP contribution in [0, 0.1) is 0 Å². The summed E-state index contributed by atoms with van der Waals surface area (Å²) < 4.78 is 5.90. The van der Waals surface area contributed by atoms with E-state index in [1.807, 2.05) is 0 Å². The minimum atomic E-state index is 0.427. The molecule has 2 rings (SSSR count). The topological polar surface area (TPSA) is 26.3 Å². The highest BCUT2D eigenvalue weighted by Crippen LogP contribution is 2.24. The van der Waals surface area contributed by atoms with Gasteiger partial charge in [0.2, 0.25) is 0 Å². The van der Waals surface area contributed by atoms with Gasteiger partial charge in [0.1, 0.15) is 12.0 Å². The van der Waals surface area contributed by atoms with Crippen LogP contribution < -0.4 is 4.74 Å². The first kappa shape index (κ1) is 12.2. The standard InChI is InChI=1S/C15H20O2/c16-12-4-3-5-13-8-10-15(11-9-13)17-14-6-1-2-7-14/h8-12,14H,1-7H2. The lowest BCUT2D eigenvalue weighted by Gasteiger charge is -2.13. The van der Waals surface area contributed by atoms with E-state index in [1.54, 1.807) is 0 Å². The summed E-state index contributed by atoms with van der Waals surface area (Å²) in [4.78, 5) is 10.2. The van der Waals surface area contributed by atoms with Crippen LogP contribution in [0.3, 0.4) is 0 Å². The molecule has 1 aromatic carbocycles. The molecule has 1 saturated carbocycles. The maximum absolute atomic E-state index is 10.2. The molecule has 1 aromatic rings. The van der Waals surface area contributed by atoms with Crippen LogP contribution in [0.4, 0.5) is 0 Å². The molecule has 1 aliphatic carbocycles. The Morgan fingerprint density at radius 2 is 1.88 bits per heavy atom. The molecule has 17 heavy (non-hydrogen) atoms. The molecule has 0 bridgehead atoms. The van der Waals surface area contributed by atoms with E-state index in [1.165, 1.54) is 31.2 Å². The normalized spacial score (nSPS) is 16.0. The Bertz CT molecular complexity index is 336. The van der Waals surface area contributed by atoms with Gasteiger partial charge in [0.15, 0.2) is 0 Å². The van der Waals surface area contributed by atoms with Gasteiger partial charge in [0.25, 0.3) is 0 Å². The van der Waals surface area contributed by atoms with Crippen molar-refractivity contribution < 1.29 is 9.53 Å². The molecule has 0 aromatic heterocycles. The maximum Gasteiger partial charge on any atom is 0.120 e. The number of carbonyl (C=O) groups excluding carboxylic acids is 1. The number of carbonyl (C=O) groups is 1. The maximum atomic E-state index is 10.2. The Morgan fingerprint density at radius 3 is 2.53 bits per heavy atom. The molecule has 0 spiro atoms. The minimum absolute atomic E-state index is 0.427. The summed E-state index contributed by atoms with van der Waals surface area (Å²) in [5.41, 5.74) is 1.28. The van der Waals surface area contributed by atoms with Crippen molar-refractivity contribution in [1.29, 1.82) is 0 Å². The number of hydrogen-bond acceptors (Lipinski definition) is 2. The first-order chi connectivity index (χ1) is 8.38. The fourth-order valence-electron chi connectivity index (χ4n) is 2.32. The number of aryl methyl sites for hydroxylation is 1. The largest absolute Gasteiger partial charge is 0.490 e. The van der Waals surface area contributed by atoms with E-state index in [-0.39, 0.29) is 0 Å². The Kier molecular flexibility index (Phi) is 4.60. The minimum Gasteiger partial charge on any atom is -0.490 e. The van der Waals surface area contributed by atoms with Crippen molar-refractivity contribution in [3.05, 3.63) is 29.8 Å². The van der Waals surface area contributed by atoms with Crippen LogP contribution in [0.2, 0.25) is 0 Å². The van der Waals surface area contributed by atoms with Crippen molar-refractivity contribution in [2.75, 3.05) is 0 Å². The fourth-order valence-corrected chi connectivity index (χ4v) is 2.32. The van der Waals surface area contributed by atoms with Crippen molar-refractivity contribution >= 4 is 6.29 Å². The smallest absolute Gasteiger partial charge is 0.120 e. The van der Waals surface area contributed by atoms with E-state index in [4.69, 9.17) is 4.74 Å². The first-order valence-corrected chi connectivity index (χ1v) is 6.58. The predicted molar refractivity (Wildman–Crippen MR) is 68.3 cm³/mol. The van der Waals surface area contributed by atoms with E-state index in [0.29, 0.717) is 12.5 Å². The molecule has 0 atom stereocenters. The number of ether oxygens (including phenoxy) is 1. The molecule has 92 valence electrons. The van der Waals surface area contributed by atoms with E-state index in [9.17, 15) is 4.79 Å². The third-order valence-corrected chi connectivity index (χ3v) is 3.32. The van der Waals surface area contributed by atoms with Gasteiger partial charge in [-0.3, -0.25) is 0 Å². The number of unbranched alkanes of at least 4 members (excludes halogenated alkanes) is 1. The zero-order chi connectivity index (χ0) is 11.9. The second-order valence-electron chi connectivity index (χ2n) is 4.73. The molecule has 0 unspecified atom stereocenters. The van der Waals surface area contributed by atoms with Crippen LogP contribution >= 0.6 is 0 Å². The first-order valence-electron chi connectivity index (χ1n) is 6.58. The summed E-state index contributed by atoms with van der Waals surface area (Å²) in [5, 5.41) is 0. The molecule has 2 nitrogen and oxygen atoms in total. The number of aldehydes is 1. The van der Waals surface area contributed by atoms with E-state index in [2.05, 4.69) is 24.3 Å².